The maximum absolute atomic E-state index is 9.34. The molecule has 1 aliphatic heterocycles. The number of hydrogen-bond donors (Lipinski definition) is 2. The maximum Gasteiger partial charge on any atom is 0.227 e. The number of nitrogens with zero attached hydrogens (tertiary/aromatic N) is 4. The lowest BCUT2D eigenvalue weighted by Crippen LogP contribution is -2.39. The number of rotatable bonds is 7. The molecule has 0 amide bonds. The Labute approximate surface area is 154 Å². The Morgan fingerprint density at radius 2 is 2.19 bits per heavy atom. The quantitative estimate of drug-likeness (QED) is 0.787. The number of likely N-dealkylation sites (tertiary alicyclic amines) is 1. The molecule has 7 heteroatoms. The first-order valence-corrected chi connectivity index (χ1v) is 9.15. The molecule has 0 radical (unpaired) electrons. The molecule has 7 nitrogen and oxygen atoms in total. The number of aryl methyl sites for hydroxylation is 1. The maximum atomic E-state index is 9.34. The van der Waals surface area contributed by atoms with Gasteiger partial charge in [0, 0.05) is 32.4 Å². The lowest BCUT2D eigenvalue weighted by molar-refractivity contribution is 0.123. The number of aliphatic hydroxyl groups is 1. The van der Waals surface area contributed by atoms with E-state index in [1.165, 1.54) is 6.33 Å². The number of anilines is 1. The van der Waals surface area contributed by atoms with E-state index in [-0.39, 0.29) is 6.61 Å². The van der Waals surface area contributed by atoms with Crippen LogP contribution in [0.3, 0.4) is 0 Å². The second kappa shape index (κ2) is 8.91. The van der Waals surface area contributed by atoms with Gasteiger partial charge in [0.2, 0.25) is 5.88 Å². The fourth-order valence-corrected chi connectivity index (χ4v) is 3.23. The molecule has 3 rings (SSSR count). The number of nitrogens with one attached hydrogen (secondary N) is 1. The van der Waals surface area contributed by atoms with Gasteiger partial charge < -0.3 is 20.1 Å². The molecule has 1 atom stereocenters. The number of aromatic nitrogens is 3. The van der Waals surface area contributed by atoms with Gasteiger partial charge in [0.25, 0.3) is 0 Å². The predicted octanol–water partition coefficient (Wildman–Crippen LogP) is 2.40. The Balaban J connectivity index is 1.58. The average molecular weight is 357 g/mol. The summed E-state index contributed by atoms with van der Waals surface area (Å²) in [7, 11) is 0. The first-order valence-electron chi connectivity index (χ1n) is 9.15. The number of pyridine rings is 1. The van der Waals surface area contributed by atoms with E-state index in [1.807, 2.05) is 26.0 Å². The van der Waals surface area contributed by atoms with Crippen LogP contribution in [0.25, 0.3) is 0 Å². The van der Waals surface area contributed by atoms with Gasteiger partial charge in [-0.05, 0) is 51.3 Å². The van der Waals surface area contributed by atoms with Crippen molar-refractivity contribution >= 4 is 5.82 Å². The molecular weight excluding hydrogens is 330 g/mol. The van der Waals surface area contributed by atoms with Gasteiger partial charge in [-0.15, -0.1) is 0 Å². The van der Waals surface area contributed by atoms with Crippen LogP contribution < -0.4 is 10.1 Å². The topological polar surface area (TPSA) is 83.4 Å². The van der Waals surface area contributed by atoms with Crippen molar-refractivity contribution in [3.05, 3.63) is 35.9 Å². The van der Waals surface area contributed by atoms with Gasteiger partial charge in [0.1, 0.15) is 12.1 Å². The number of piperidine rings is 1. The van der Waals surface area contributed by atoms with E-state index < -0.39 is 0 Å². The number of hydrogen-bond acceptors (Lipinski definition) is 7. The predicted molar refractivity (Wildman–Crippen MR) is 101 cm³/mol. The minimum atomic E-state index is 0.281. The Kier molecular flexibility index (Phi) is 6.35. The fraction of sp³-hybridized carbons (Fsp3) is 0.526. The van der Waals surface area contributed by atoms with Crippen molar-refractivity contribution in [2.24, 2.45) is 5.92 Å². The zero-order valence-corrected chi connectivity index (χ0v) is 15.5. The lowest BCUT2D eigenvalue weighted by atomic mass is 9.99. The minimum Gasteiger partial charge on any atom is -0.437 e. The van der Waals surface area contributed by atoms with Crippen LogP contribution in [0.1, 0.15) is 24.1 Å². The van der Waals surface area contributed by atoms with Crippen LogP contribution in [0.5, 0.6) is 11.6 Å². The Hall–Kier alpha value is -2.25. The van der Waals surface area contributed by atoms with Crippen LogP contribution in [0.4, 0.5) is 5.82 Å². The second-order valence-corrected chi connectivity index (χ2v) is 6.76. The van der Waals surface area contributed by atoms with Crippen LogP contribution in [0.2, 0.25) is 0 Å². The number of aliphatic hydroxyl groups excluding tert-OH is 1. The van der Waals surface area contributed by atoms with Gasteiger partial charge in [-0.25, -0.2) is 9.97 Å². The van der Waals surface area contributed by atoms with E-state index >= 15 is 0 Å². The monoisotopic (exact) mass is 357 g/mol. The van der Waals surface area contributed by atoms with Crippen LogP contribution in [-0.2, 0) is 0 Å². The summed E-state index contributed by atoms with van der Waals surface area (Å²) in [6.07, 6.45) is 5.53. The van der Waals surface area contributed by atoms with E-state index in [1.54, 1.807) is 6.20 Å². The largest absolute Gasteiger partial charge is 0.437 e. The van der Waals surface area contributed by atoms with Crippen LogP contribution in [0.15, 0.2) is 24.7 Å². The van der Waals surface area contributed by atoms with E-state index in [0.29, 0.717) is 17.5 Å². The van der Waals surface area contributed by atoms with E-state index in [9.17, 15) is 5.11 Å². The zero-order valence-electron chi connectivity index (χ0n) is 15.5. The summed E-state index contributed by atoms with van der Waals surface area (Å²) >= 11 is 0. The third-order valence-electron chi connectivity index (χ3n) is 4.78. The summed E-state index contributed by atoms with van der Waals surface area (Å²) in [5.74, 6) is 2.43. The zero-order chi connectivity index (χ0) is 18.4. The van der Waals surface area contributed by atoms with Gasteiger partial charge in [0.05, 0.1) is 11.3 Å². The second-order valence-electron chi connectivity index (χ2n) is 6.76. The van der Waals surface area contributed by atoms with Gasteiger partial charge in [-0.1, -0.05) is 0 Å². The third-order valence-corrected chi connectivity index (χ3v) is 4.78. The first kappa shape index (κ1) is 18.5. The fourth-order valence-electron chi connectivity index (χ4n) is 3.23. The molecule has 1 aliphatic rings. The summed E-state index contributed by atoms with van der Waals surface area (Å²) in [5.41, 5.74) is 1.70. The smallest absolute Gasteiger partial charge is 0.227 e. The minimum absolute atomic E-state index is 0.281. The van der Waals surface area contributed by atoms with Crippen molar-refractivity contribution < 1.29 is 9.84 Å². The Morgan fingerprint density at radius 3 is 3.00 bits per heavy atom. The normalized spacial score (nSPS) is 17.9. The summed E-state index contributed by atoms with van der Waals surface area (Å²) < 4.78 is 5.91. The van der Waals surface area contributed by atoms with Crippen molar-refractivity contribution in [3.63, 3.8) is 0 Å². The van der Waals surface area contributed by atoms with Gasteiger partial charge >= 0.3 is 0 Å². The highest BCUT2D eigenvalue weighted by Crippen LogP contribution is 2.27. The summed E-state index contributed by atoms with van der Waals surface area (Å²) in [6, 6.07) is 3.72. The third kappa shape index (κ3) is 4.68. The molecule has 140 valence electrons. The standard InChI is InChI=1S/C19H27N5O2/c1-14-18(21-8-10-24-9-4-5-16(11-24)12-25)22-13-23-19(14)26-17-6-3-7-20-15(17)2/h3,6-7,13,16,25H,4-5,8-12H2,1-2H3,(H,21,22,23). The van der Waals surface area contributed by atoms with E-state index in [4.69, 9.17) is 4.74 Å². The molecule has 0 bridgehead atoms. The van der Waals surface area contributed by atoms with Crippen LogP contribution in [-0.4, -0.2) is 57.7 Å². The molecule has 0 aliphatic carbocycles. The molecule has 0 aromatic carbocycles. The highest BCUT2D eigenvalue weighted by Gasteiger charge is 2.18. The van der Waals surface area contributed by atoms with Crippen molar-refractivity contribution in [1.82, 2.24) is 19.9 Å². The van der Waals surface area contributed by atoms with Gasteiger partial charge in [-0.2, -0.15) is 0 Å². The molecule has 2 aromatic rings. The molecule has 0 saturated carbocycles. The Morgan fingerprint density at radius 1 is 1.31 bits per heavy atom. The summed E-state index contributed by atoms with van der Waals surface area (Å²) in [6.45, 7) is 7.92. The lowest BCUT2D eigenvalue weighted by Gasteiger charge is -2.31. The first-order chi connectivity index (χ1) is 12.7. The van der Waals surface area contributed by atoms with E-state index in [0.717, 1.165) is 56.1 Å². The average Bonchev–Trinajstić information content (AvgIpc) is 2.66. The Bertz CT molecular complexity index is 725. The van der Waals surface area contributed by atoms with Crippen molar-refractivity contribution in [1.29, 1.82) is 0 Å². The van der Waals surface area contributed by atoms with Crippen LogP contribution in [0, 0.1) is 19.8 Å². The molecule has 1 fully saturated rings. The van der Waals surface area contributed by atoms with Gasteiger partial charge in [-0.3, -0.25) is 4.98 Å². The van der Waals surface area contributed by atoms with Crippen LogP contribution >= 0.6 is 0 Å². The van der Waals surface area contributed by atoms with Crippen molar-refractivity contribution in [3.8, 4) is 11.6 Å². The number of ether oxygens (including phenoxy) is 1. The molecule has 0 spiro atoms. The van der Waals surface area contributed by atoms with Crippen molar-refractivity contribution in [2.45, 2.75) is 26.7 Å². The molecule has 3 heterocycles. The summed E-state index contributed by atoms with van der Waals surface area (Å²) in [5, 5.41) is 12.7. The molecule has 2 N–H and O–H groups in total. The molecule has 1 unspecified atom stereocenters. The van der Waals surface area contributed by atoms with Crippen molar-refractivity contribution in [2.75, 3.05) is 38.1 Å². The van der Waals surface area contributed by atoms with E-state index in [2.05, 4.69) is 25.2 Å². The van der Waals surface area contributed by atoms with Gasteiger partial charge in [0.15, 0.2) is 5.75 Å². The molecule has 1 saturated heterocycles. The summed E-state index contributed by atoms with van der Waals surface area (Å²) in [4.78, 5) is 15.2. The SMILES string of the molecule is Cc1ncccc1Oc1ncnc(NCCN2CCCC(CO)C2)c1C. The molecular formula is C19H27N5O2. The molecule has 2 aromatic heterocycles. The molecule has 26 heavy (non-hydrogen) atoms. The highest BCUT2D eigenvalue weighted by molar-refractivity contribution is 5.48. The highest BCUT2D eigenvalue weighted by atomic mass is 16.5.